The Morgan fingerprint density at radius 2 is 1.96 bits per heavy atom. The maximum absolute atomic E-state index is 13.4. The predicted octanol–water partition coefficient (Wildman–Crippen LogP) is 3.14. The number of rotatable bonds is 4. The number of thioether (sulfide) groups is 1. The highest BCUT2D eigenvalue weighted by Gasteiger charge is 2.44. The summed E-state index contributed by atoms with van der Waals surface area (Å²) in [5.41, 5.74) is -0.348. The van der Waals surface area contributed by atoms with E-state index in [1.807, 2.05) is 0 Å². The van der Waals surface area contributed by atoms with Gasteiger partial charge < -0.3 is 19.3 Å². The molecule has 0 saturated carbocycles. The number of benzene rings is 1. The Morgan fingerprint density at radius 3 is 2.64 bits per heavy atom. The van der Waals surface area contributed by atoms with Crippen molar-refractivity contribution in [2.45, 2.75) is 41.5 Å². The van der Waals surface area contributed by atoms with E-state index in [0.717, 1.165) is 17.8 Å². The third-order valence-corrected chi connectivity index (χ3v) is 5.77. The zero-order valence-electron chi connectivity index (χ0n) is 14.7. The Morgan fingerprint density at radius 1 is 1.21 bits per heavy atom. The van der Waals surface area contributed by atoms with Gasteiger partial charge in [-0.2, -0.15) is 13.2 Å². The SMILES string of the molecule is COc1ccc(-c2cc(C(F)(F)F)nc(S[C@@H]3C[C@@H](O)[C@@H]4OC[C@H]3O4)n2)cc1. The molecule has 2 aromatic rings. The molecule has 2 saturated heterocycles. The second kappa shape index (κ2) is 7.51. The average Bonchev–Trinajstić information content (AvgIpc) is 3.11. The number of alkyl halides is 3. The predicted molar refractivity (Wildman–Crippen MR) is 93.9 cm³/mol. The summed E-state index contributed by atoms with van der Waals surface area (Å²) in [4.78, 5) is 8.00. The van der Waals surface area contributed by atoms with Crippen LogP contribution in [0.2, 0.25) is 0 Å². The van der Waals surface area contributed by atoms with Gasteiger partial charge in [-0.1, -0.05) is 11.8 Å². The molecule has 3 heterocycles. The van der Waals surface area contributed by atoms with E-state index in [4.69, 9.17) is 14.2 Å². The summed E-state index contributed by atoms with van der Waals surface area (Å²) in [5, 5.41) is 9.69. The number of hydrogen-bond acceptors (Lipinski definition) is 7. The normalized spacial score (nSPS) is 27.0. The van der Waals surface area contributed by atoms with Crippen LogP contribution in [0.4, 0.5) is 13.2 Å². The van der Waals surface area contributed by atoms with Crippen LogP contribution in [0.25, 0.3) is 11.3 Å². The Hall–Kier alpha value is -1.88. The number of halogens is 3. The molecule has 2 bridgehead atoms. The van der Waals surface area contributed by atoms with E-state index in [0.29, 0.717) is 17.7 Å². The van der Waals surface area contributed by atoms with E-state index in [-0.39, 0.29) is 28.8 Å². The van der Waals surface area contributed by atoms with Gasteiger partial charge in [0.05, 0.1) is 25.5 Å². The lowest BCUT2D eigenvalue weighted by molar-refractivity contribution is -0.150. The van der Waals surface area contributed by atoms with Crippen molar-refractivity contribution in [3.63, 3.8) is 0 Å². The molecule has 1 N–H and O–H groups in total. The molecule has 0 amide bonds. The van der Waals surface area contributed by atoms with Gasteiger partial charge in [-0.25, -0.2) is 9.97 Å². The van der Waals surface area contributed by atoms with Crippen molar-refractivity contribution >= 4 is 11.8 Å². The summed E-state index contributed by atoms with van der Waals surface area (Å²) in [6, 6.07) is 7.50. The van der Waals surface area contributed by atoms with Crippen LogP contribution in [0, 0.1) is 0 Å². The monoisotopic (exact) mass is 414 g/mol. The lowest BCUT2D eigenvalue weighted by atomic mass is 10.1. The minimum atomic E-state index is -4.61. The van der Waals surface area contributed by atoms with Crippen LogP contribution in [0.1, 0.15) is 12.1 Å². The first-order valence-electron chi connectivity index (χ1n) is 8.56. The molecule has 1 aromatic heterocycles. The van der Waals surface area contributed by atoms with Crippen molar-refractivity contribution in [3.05, 3.63) is 36.0 Å². The van der Waals surface area contributed by atoms with E-state index in [9.17, 15) is 18.3 Å². The molecule has 28 heavy (non-hydrogen) atoms. The molecule has 4 atom stereocenters. The third kappa shape index (κ3) is 3.95. The van der Waals surface area contributed by atoms with Crippen LogP contribution < -0.4 is 4.74 Å². The highest BCUT2D eigenvalue weighted by molar-refractivity contribution is 7.99. The number of fused-ring (bicyclic) bond motifs is 2. The Labute approximate surface area is 163 Å². The standard InChI is InChI=1S/C18H17F3N2O4S/c1-25-10-4-2-9(3-5-10)11-6-15(18(19,20)21)23-17(22-11)28-14-7-12(24)16-26-8-13(14)27-16/h2-6,12-14,16,24H,7-8H2,1H3/t12-,13-,14-,16-/m1/s1. The molecule has 10 heteroatoms. The first-order valence-corrected chi connectivity index (χ1v) is 9.44. The third-order valence-electron chi connectivity index (χ3n) is 4.57. The van der Waals surface area contributed by atoms with Gasteiger partial charge in [0.15, 0.2) is 11.4 Å². The van der Waals surface area contributed by atoms with Gasteiger partial charge >= 0.3 is 6.18 Å². The molecule has 2 aliphatic rings. The Balaban J connectivity index is 1.66. The van der Waals surface area contributed by atoms with Crippen LogP contribution in [0.5, 0.6) is 5.75 Å². The maximum Gasteiger partial charge on any atom is 0.433 e. The van der Waals surface area contributed by atoms with Crippen LogP contribution in [-0.4, -0.2) is 52.5 Å². The van der Waals surface area contributed by atoms with Crippen molar-refractivity contribution in [3.8, 4) is 17.0 Å². The second-order valence-corrected chi connectivity index (χ2v) is 7.69. The largest absolute Gasteiger partial charge is 0.497 e. The number of hydrogen-bond donors (Lipinski definition) is 1. The fourth-order valence-electron chi connectivity index (χ4n) is 3.13. The fraction of sp³-hybridized carbons (Fsp3) is 0.444. The van der Waals surface area contributed by atoms with Crippen molar-refractivity contribution in [1.82, 2.24) is 9.97 Å². The molecule has 0 radical (unpaired) electrons. The van der Waals surface area contributed by atoms with Gasteiger partial charge in [0.1, 0.15) is 17.5 Å². The molecule has 2 aliphatic heterocycles. The quantitative estimate of drug-likeness (QED) is 0.771. The molecule has 4 rings (SSSR count). The van der Waals surface area contributed by atoms with E-state index in [2.05, 4.69) is 9.97 Å². The van der Waals surface area contributed by atoms with Crippen molar-refractivity contribution in [2.24, 2.45) is 0 Å². The lowest BCUT2D eigenvalue weighted by Crippen LogP contribution is -2.40. The van der Waals surface area contributed by atoms with Crippen LogP contribution in [0.15, 0.2) is 35.5 Å². The first kappa shape index (κ1) is 19.4. The van der Waals surface area contributed by atoms with Gasteiger partial charge in [0, 0.05) is 10.8 Å². The Bertz CT molecular complexity index is 850. The highest BCUT2D eigenvalue weighted by Crippen LogP contribution is 2.39. The van der Waals surface area contributed by atoms with E-state index < -0.39 is 24.3 Å². The molecule has 150 valence electrons. The molecule has 2 fully saturated rings. The zero-order valence-corrected chi connectivity index (χ0v) is 15.5. The van der Waals surface area contributed by atoms with Crippen LogP contribution in [-0.2, 0) is 15.7 Å². The average molecular weight is 414 g/mol. The van der Waals surface area contributed by atoms with Crippen molar-refractivity contribution < 1.29 is 32.5 Å². The van der Waals surface area contributed by atoms with E-state index in [1.54, 1.807) is 24.3 Å². The molecule has 0 unspecified atom stereocenters. The van der Waals surface area contributed by atoms with Gasteiger partial charge in [-0.15, -0.1) is 0 Å². The fourth-order valence-corrected chi connectivity index (χ4v) is 4.29. The number of aliphatic hydroxyl groups is 1. The van der Waals surface area contributed by atoms with Crippen LogP contribution >= 0.6 is 11.8 Å². The number of ether oxygens (including phenoxy) is 3. The van der Waals surface area contributed by atoms with Crippen molar-refractivity contribution in [1.29, 1.82) is 0 Å². The topological polar surface area (TPSA) is 73.7 Å². The second-order valence-electron chi connectivity index (χ2n) is 6.48. The summed E-state index contributed by atoms with van der Waals surface area (Å²) < 4.78 is 56.1. The Kier molecular flexibility index (Phi) is 5.21. The summed E-state index contributed by atoms with van der Waals surface area (Å²) in [6.45, 7) is 0.281. The molecule has 6 nitrogen and oxygen atoms in total. The summed E-state index contributed by atoms with van der Waals surface area (Å²) in [7, 11) is 1.51. The number of aromatic nitrogens is 2. The minimum Gasteiger partial charge on any atom is -0.497 e. The van der Waals surface area contributed by atoms with Crippen molar-refractivity contribution in [2.75, 3.05) is 13.7 Å². The summed E-state index contributed by atoms with van der Waals surface area (Å²) in [6.07, 6.45) is -6.09. The van der Waals surface area contributed by atoms with E-state index in [1.165, 1.54) is 7.11 Å². The molecule has 0 spiro atoms. The molecule has 1 aromatic carbocycles. The molecular weight excluding hydrogens is 397 g/mol. The smallest absolute Gasteiger partial charge is 0.433 e. The van der Waals surface area contributed by atoms with Gasteiger partial charge in [0.2, 0.25) is 0 Å². The summed E-state index contributed by atoms with van der Waals surface area (Å²) >= 11 is 1.06. The zero-order chi connectivity index (χ0) is 19.9. The van der Waals surface area contributed by atoms with Crippen LogP contribution in [0.3, 0.4) is 0 Å². The first-order chi connectivity index (χ1) is 13.3. The minimum absolute atomic E-state index is 0.0215. The number of aliphatic hydroxyl groups excluding tert-OH is 1. The number of methoxy groups -OCH3 is 1. The maximum atomic E-state index is 13.4. The lowest BCUT2D eigenvalue weighted by Gasteiger charge is -2.30. The highest BCUT2D eigenvalue weighted by atomic mass is 32.2. The number of nitrogens with zero attached hydrogens (tertiary/aromatic N) is 2. The van der Waals surface area contributed by atoms with Gasteiger partial charge in [-0.05, 0) is 36.8 Å². The summed E-state index contributed by atoms with van der Waals surface area (Å²) in [5.74, 6) is 0.590. The van der Waals surface area contributed by atoms with E-state index >= 15 is 0 Å². The molecule has 0 aliphatic carbocycles. The molecular formula is C18H17F3N2O4S. The van der Waals surface area contributed by atoms with Gasteiger partial charge in [0.25, 0.3) is 0 Å². The van der Waals surface area contributed by atoms with Gasteiger partial charge in [-0.3, -0.25) is 0 Å².